The van der Waals surface area contributed by atoms with Crippen LogP contribution in [0.1, 0.15) is 5.69 Å². The van der Waals surface area contributed by atoms with Gasteiger partial charge in [-0.1, -0.05) is 6.07 Å². The molecule has 0 spiro atoms. The van der Waals surface area contributed by atoms with E-state index in [1.54, 1.807) is 31.4 Å². The lowest BCUT2D eigenvalue weighted by Crippen LogP contribution is -2.43. The Morgan fingerprint density at radius 2 is 2.07 bits per heavy atom. The Morgan fingerprint density at radius 3 is 2.85 bits per heavy atom. The highest BCUT2D eigenvalue weighted by Crippen LogP contribution is 2.27. The van der Waals surface area contributed by atoms with E-state index in [1.807, 2.05) is 0 Å². The molecule has 140 valence electrons. The van der Waals surface area contributed by atoms with Gasteiger partial charge >= 0.3 is 5.63 Å². The van der Waals surface area contributed by atoms with E-state index < -0.39 is 11.4 Å². The number of piperazine rings is 1. The quantitative estimate of drug-likeness (QED) is 0.713. The molecular weight excluding hydrogens is 349 g/mol. The number of rotatable bonds is 4. The van der Waals surface area contributed by atoms with E-state index in [-0.39, 0.29) is 16.5 Å². The average molecular weight is 369 g/mol. The second-order valence-electron chi connectivity index (χ2n) is 6.47. The molecule has 0 radical (unpaired) electrons. The summed E-state index contributed by atoms with van der Waals surface area (Å²) in [5.74, 6) is -0.418. The summed E-state index contributed by atoms with van der Waals surface area (Å²) in [6.45, 7) is 3.57. The maximum atomic E-state index is 14.8. The highest BCUT2D eigenvalue weighted by atomic mass is 19.1. The van der Waals surface area contributed by atoms with Gasteiger partial charge in [-0.3, -0.25) is 4.98 Å². The highest BCUT2D eigenvalue weighted by molar-refractivity contribution is 5.84. The van der Waals surface area contributed by atoms with Gasteiger partial charge < -0.3 is 19.4 Å². The van der Waals surface area contributed by atoms with E-state index in [0.717, 1.165) is 31.9 Å². The van der Waals surface area contributed by atoms with E-state index in [9.17, 15) is 9.18 Å². The van der Waals surface area contributed by atoms with Gasteiger partial charge in [0.2, 0.25) is 0 Å². The fraction of sp³-hybridized carbons (Fsp3) is 0.300. The van der Waals surface area contributed by atoms with Gasteiger partial charge in [0.25, 0.3) is 0 Å². The summed E-state index contributed by atoms with van der Waals surface area (Å²) in [4.78, 5) is 19.0. The lowest BCUT2D eigenvalue weighted by atomic mass is 10.1. The molecule has 1 aliphatic heterocycles. The number of methoxy groups -OCH3 is 1. The van der Waals surface area contributed by atoms with Crippen LogP contribution in [0.2, 0.25) is 0 Å². The van der Waals surface area contributed by atoms with Crippen molar-refractivity contribution >= 4 is 16.7 Å². The van der Waals surface area contributed by atoms with Gasteiger partial charge in [0, 0.05) is 45.0 Å². The van der Waals surface area contributed by atoms with Gasteiger partial charge in [-0.25, -0.2) is 9.18 Å². The minimum Gasteiger partial charge on any atom is -0.422 e. The molecule has 0 bridgehead atoms. The first-order valence-electron chi connectivity index (χ1n) is 8.84. The molecule has 0 atom stereocenters. The van der Waals surface area contributed by atoms with Crippen molar-refractivity contribution < 1.29 is 13.5 Å². The lowest BCUT2D eigenvalue weighted by molar-refractivity contribution is 0.181. The Morgan fingerprint density at radius 1 is 1.26 bits per heavy atom. The van der Waals surface area contributed by atoms with Crippen LogP contribution < -0.4 is 15.8 Å². The van der Waals surface area contributed by atoms with Crippen molar-refractivity contribution in [2.45, 2.75) is 6.61 Å². The molecular formula is C20H20FN3O3. The second kappa shape index (κ2) is 7.46. The van der Waals surface area contributed by atoms with Crippen LogP contribution >= 0.6 is 0 Å². The summed E-state index contributed by atoms with van der Waals surface area (Å²) in [7, 11) is 1.57. The van der Waals surface area contributed by atoms with E-state index in [2.05, 4.69) is 15.2 Å². The number of nitrogens with zero attached hydrogens (tertiary/aromatic N) is 2. The minimum atomic E-state index is -0.540. The van der Waals surface area contributed by atoms with Crippen molar-refractivity contribution in [1.29, 1.82) is 0 Å². The Kier molecular flexibility index (Phi) is 4.87. The molecule has 1 N–H and O–H groups in total. The first-order chi connectivity index (χ1) is 13.2. The minimum absolute atomic E-state index is 0.231. The number of anilines is 1. The third-order valence-electron chi connectivity index (χ3n) is 4.64. The van der Waals surface area contributed by atoms with Gasteiger partial charge in [-0.2, -0.15) is 0 Å². The number of halogens is 1. The normalized spacial score (nSPS) is 14.7. The van der Waals surface area contributed by atoms with Crippen LogP contribution in [0, 0.1) is 5.82 Å². The van der Waals surface area contributed by atoms with Crippen molar-refractivity contribution in [3.63, 3.8) is 0 Å². The molecule has 3 aromatic rings. The number of benzene rings is 1. The smallest absolute Gasteiger partial charge is 0.345 e. The van der Waals surface area contributed by atoms with Crippen molar-refractivity contribution in [3.05, 3.63) is 58.3 Å². The van der Waals surface area contributed by atoms with Crippen LogP contribution in [0.3, 0.4) is 0 Å². The summed E-state index contributed by atoms with van der Waals surface area (Å²) >= 11 is 0. The zero-order valence-corrected chi connectivity index (χ0v) is 15.0. The number of fused-ring (bicyclic) bond motifs is 1. The molecule has 0 unspecified atom stereocenters. The summed E-state index contributed by atoms with van der Waals surface area (Å²) < 4.78 is 25.3. The fourth-order valence-electron chi connectivity index (χ4n) is 3.30. The molecule has 0 amide bonds. The maximum absolute atomic E-state index is 14.8. The van der Waals surface area contributed by atoms with Crippen LogP contribution in [0.25, 0.3) is 22.2 Å². The molecule has 27 heavy (non-hydrogen) atoms. The predicted molar refractivity (Wildman–Crippen MR) is 101 cm³/mol. The highest BCUT2D eigenvalue weighted by Gasteiger charge is 2.17. The topological polar surface area (TPSA) is 67.6 Å². The molecule has 2 aromatic heterocycles. The van der Waals surface area contributed by atoms with Crippen LogP contribution in [0.4, 0.5) is 10.1 Å². The van der Waals surface area contributed by atoms with Crippen LogP contribution in [-0.4, -0.2) is 38.3 Å². The van der Waals surface area contributed by atoms with Crippen molar-refractivity contribution in [2.75, 3.05) is 38.2 Å². The maximum Gasteiger partial charge on any atom is 0.345 e. The monoisotopic (exact) mass is 369 g/mol. The molecule has 3 heterocycles. The summed E-state index contributed by atoms with van der Waals surface area (Å²) in [6, 6.07) is 10.0. The number of hydrogen-bond donors (Lipinski definition) is 1. The van der Waals surface area contributed by atoms with Gasteiger partial charge in [0.05, 0.1) is 28.9 Å². The number of nitrogens with one attached hydrogen (secondary N) is 1. The number of aromatic nitrogens is 1. The van der Waals surface area contributed by atoms with Crippen LogP contribution in [0.5, 0.6) is 0 Å². The summed E-state index contributed by atoms with van der Waals surface area (Å²) in [5, 5.41) is 3.53. The molecule has 1 aliphatic rings. The Labute approximate surface area is 155 Å². The molecule has 1 fully saturated rings. The first kappa shape index (κ1) is 17.6. The van der Waals surface area contributed by atoms with Gasteiger partial charge in [-0.05, 0) is 24.3 Å². The lowest BCUT2D eigenvalue weighted by Gasteiger charge is -2.29. The Balaban J connectivity index is 1.78. The van der Waals surface area contributed by atoms with Crippen molar-refractivity contribution in [1.82, 2.24) is 10.3 Å². The van der Waals surface area contributed by atoms with E-state index in [4.69, 9.17) is 9.15 Å². The second-order valence-corrected chi connectivity index (χ2v) is 6.47. The first-order valence-corrected chi connectivity index (χ1v) is 8.84. The molecule has 7 heteroatoms. The van der Waals surface area contributed by atoms with Crippen LogP contribution in [-0.2, 0) is 11.3 Å². The number of ether oxygens (including phenoxy) is 1. The molecule has 6 nitrogen and oxygen atoms in total. The summed E-state index contributed by atoms with van der Waals surface area (Å²) in [6.07, 6.45) is 0. The van der Waals surface area contributed by atoms with E-state index in [1.165, 1.54) is 12.1 Å². The average Bonchev–Trinajstić information content (AvgIpc) is 2.68. The van der Waals surface area contributed by atoms with Gasteiger partial charge in [0.15, 0.2) is 0 Å². The molecule has 1 saturated heterocycles. The third kappa shape index (κ3) is 3.56. The molecule has 1 aromatic carbocycles. The van der Waals surface area contributed by atoms with Gasteiger partial charge in [-0.15, -0.1) is 0 Å². The standard InChI is InChI=1S/C20H20FN3O3/c1-26-12-13-3-2-4-18(23-13)16-11-15-17(21)9-14(10-19(15)27-20(16)25)24-7-5-22-6-8-24/h2-4,9-11,22H,5-8,12H2,1H3. The summed E-state index contributed by atoms with van der Waals surface area (Å²) in [5.41, 5.74) is 1.77. The van der Waals surface area contributed by atoms with Crippen LogP contribution in [0.15, 0.2) is 45.6 Å². The molecule has 0 saturated carbocycles. The zero-order valence-electron chi connectivity index (χ0n) is 15.0. The number of hydrogen-bond acceptors (Lipinski definition) is 6. The van der Waals surface area contributed by atoms with Gasteiger partial charge in [0.1, 0.15) is 11.4 Å². The third-order valence-corrected chi connectivity index (χ3v) is 4.64. The van der Waals surface area contributed by atoms with E-state index in [0.29, 0.717) is 18.0 Å². The zero-order chi connectivity index (χ0) is 18.8. The predicted octanol–water partition coefficient (Wildman–Crippen LogP) is 2.55. The largest absolute Gasteiger partial charge is 0.422 e. The Bertz CT molecular complexity index is 1030. The fourth-order valence-corrected chi connectivity index (χ4v) is 3.30. The molecule has 4 rings (SSSR count). The van der Waals surface area contributed by atoms with E-state index >= 15 is 0 Å². The van der Waals surface area contributed by atoms with Crippen molar-refractivity contribution in [3.8, 4) is 11.3 Å². The Hall–Kier alpha value is -2.77. The SMILES string of the molecule is COCc1cccc(-c2cc3c(F)cc(N4CCNCC4)cc3oc2=O)n1. The van der Waals surface area contributed by atoms with Crippen molar-refractivity contribution in [2.24, 2.45) is 0 Å². The molecule has 0 aliphatic carbocycles. The number of pyridine rings is 1.